The van der Waals surface area contributed by atoms with Crippen LogP contribution in [0, 0.1) is 0 Å². The number of amides is 2. The van der Waals surface area contributed by atoms with E-state index in [4.69, 9.17) is 4.74 Å². The summed E-state index contributed by atoms with van der Waals surface area (Å²) in [6, 6.07) is 14.9. The number of fused-ring (bicyclic) bond motifs is 1. The largest absolute Gasteiger partial charge is 0.482 e. The highest BCUT2D eigenvalue weighted by molar-refractivity contribution is 5.98. The van der Waals surface area contributed by atoms with E-state index in [2.05, 4.69) is 15.6 Å². The van der Waals surface area contributed by atoms with Crippen LogP contribution in [0.25, 0.3) is 5.69 Å². The Morgan fingerprint density at radius 1 is 1.21 bits per heavy atom. The summed E-state index contributed by atoms with van der Waals surface area (Å²) in [5.74, 6) is 0.399. The van der Waals surface area contributed by atoms with Crippen molar-refractivity contribution in [3.8, 4) is 11.4 Å². The molecule has 0 bridgehead atoms. The number of hydrogen-bond donors (Lipinski definition) is 1. The molecule has 8 heteroatoms. The predicted molar refractivity (Wildman–Crippen MR) is 107 cm³/mol. The van der Waals surface area contributed by atoms with Crippen LogP contribution in [-0.2, 0) is 9.59 Å². The number of benzene rings is 2. The number of hydrogen-bond acceptors (Lipinski definition) is 5. The van der Waals surface area contributed by atoms with Gasteiger partial charge >= 0.3 is 0 Å². The predicted octanol–water partition coefficient (Wildman–Crippen LogP) is 2.26. The molecule has 2 amide bonds. The van der Waals surface area contributed by atoms with Crippen LogP contribution in [0.2, 0.25) is 0 Å². The highest BCUT2D eigenvalue weighted by Crippen LogP contribution is 2.31. The van der Waals surface area contributed by atoms with Gasteiger partial charge in [0.2, 0.25) is 5.91 Å². The molecule has 1 atom stereocenters. The number of rotatable bonds is 6. The van der Waals surface area contributed by atoms with Crippen LogP contribution < -0.4 is 15.0 Å². The number of nitrogens with one attached hydrogen (secondary N) is 1. The molecule has 4 rings (SSSR count). The second-order valence-corrected chi connectivity index (χ2v) is 6.78. The lowest BCUT2D eigenvalue weighted by molar-refractivity contribution is -0.122. The van der Waals surface area contributed by atoms with Gasteiger partial charge in [-0.3, -0.25) is 9.59 Å². The van der Waals surface area contributed by atoms with Crippen molar-refractivity contribution in [2.45, 2.75) is 19.4 Å². The van der Waals surface area contributed by atoms with E-state index in [0.29, 0.717) is 18.0 Å². The van der Waals surface area contributed by atoms with E-state index in [1.54, 1.807) is 22.0 Å². The minimum atomic E-state index is -0.153. The van der Waals surface area contributed by atoms with Crippen LogP contribution in [0.4, 0.5) is 5.69 Å². The monoisotopic (exact) mass is 391 g/mol. The van der Waals surface area contributed by atoms with E-state index in [0.717, 1.165) is 11.3 Å². The fraction of sp³-hybridized carbons (Fsp3) is 0.238. The van der Waals surface area contributed by atoms with Crippen LogP contribution >= 0.6 is 0 Å². The Hall–Kier alpha value is -3.68. The number of ether oxygens (including phenoxy) is 1. The SMILES string of the molecule is C[C@H](NC(=O)CCN1C(=O)COc2ccccc21)c1ccc(-n2ccnn2)cc1. The standard InChI is InChI=1S/C21H21N5O3/c1-15(16-6-8-17(9-7-16)26-13-11-22-24-26)23-20(27)10-12-25-18-4-2-3-5-19(18)29-14-21(25)28/h2-9,11,13,15H,10,12,14H2,1H3,(H,23,27)/t15-/m0/s1. The maximum atomic E-state index is 12.4. The number of anilines is 1. The van der Waals surface area contributed by atoms with Gasteiger partial charge in [-0.05, 0) is 36.8 Å². The Labute approximate surface area is 168 Å². The first-order chi connectivity index (χ1) is 14.1. The Morgan fingerprint density at radius 2 is 2.00 bits per heavy atom. The molecule has 3 aromatic rings. The molecule has 0 aliphatic carbocycles. The van der Waals surface area contributed by atoms with E-state index in [9.17, 15) is 9.59 Å². The third-order valence-corrected chi connectivity index (χ3v) is 4.83. The van der Waals surface area contributed by atoms with Gasteiger partial charge in [-0.2, -0.15) is 0 Å². The first kappa shape index (κ1) is 18.7. The minimum absolute atomic E-state index is 0.00679. The van der Waals surface area contributed by atoms with E-state index in [1.165, 1.54) is 0 Å². The zero-order valence-corrected chi connectivity index (χ0v) is 16.0. The molecule has 148 valence electrons. The molecular weight excluding hydrogens is 370 g/mol. The van der Waals surface area contributed by atoms with Gasteiger partial charge in [-0.1, -0.05) is 29.5 Å². The third-order valence-electron chi connectivity index (χ3n) is 4.83. The van der Waals surface area contributed by atoms with Crippen LogP contribution in [0.3, 0.4) is 0 Å². The van der Waals surface area contributed by atoms with Gasteiger partial charge in [0.05, 0.1) is 29.8 Å². The number of carbonyl (C=O) groups excluding carboxylic acids is 2. The highest BCUT2D eigenvalue weighted by Gasteiger charge is 2.25. The lowest BCUT2D eigenvalue weighted by atomic mass is 10.1. The summed E-state index contributed by atoms with van der Waals surface area (Å²) in [5.41, 5.74) is 2.58. The first-order valence-electron chi connectivity index (χ1n) is 9.40. The number of para-hydroxylation sites is 2. The molecule has 0 radical (unpaired) electrons. The van der Waals surface area contributed by atoms with Crippen molar-refractivity contribution in [1.82, 2.24) is 20.3 Å². The molecule has 0 unspecified atom stereocenters. The summed E-state index contributed by atoms with van der Waals surface area (Å²) in [6.45, 7) is 2.23. The lowest BCUT2D eigenvalue weighted by Crippen LogP contribution is -2.41. The van der Waals surface area contributed by atoms with Gasteiger partial charge in [0.1, 0.15) is 5.75 Å². The van der Waals surface area contributed by atoms with Gasteiger partial charge in [-0.15, -0.1) is 5.10 Å². The summed E-state index contributed by atoms with van der Waals surface area (Å²) >= 11 is 0. The summed E-state index contributed by atoms with van der Waals surface area (Å²) in [6.07, 6.45) is 3.60. The topological polar surface area (TPSA) is 89.4 Å². The van der Waals surface area contributed by atoms with Crippen molar-refractivity contribution in [1.29, 1.82) is 0 Å². The zero-order chi connectivity index (χ0) is 20.2. The molecule has 2 aromatic carbocycles. The zero-order valence-electron chi connectivity index (χ0n) is 16.0. The van der Waals surface area contributed by atoms with Crippen LogP contribution in [-0.4, -0.2) is 40.0 Å². The molecule has 2 heterocycles. The van der Waals surface area contributed by atoms with E-state index in [-0.39, 0.29) is 30.9 Å². The Kier molecular flexibility index (Phi) is 5.24. The van der Waals surface area contributed by atoms with Crippen LogP contribution in [0.5, 0.6) is 5.75 Å². The molecular formula is C21H21N5O3. The molecule has 0 saturated carbocycles. The Morgan fingerprint density at radius 3 is 2.76 bits per heavy atom. The molecule has 1 aliphatic heterocycles. The quantitative estimate of drug-likeness (QED) is 0.696. The number of aromatic nitrogens is 3. The summed E-state index contributed by atoms with van der Waals surface area (Å²) in [7, 11) is 0. The summed E-state index contributed by atoms with van der Waals surface area (Å²) in [5, 5.41) is 10.7. The van der Waals surface area contributed by atoms with Crippen molar-refractivity contribution < 1.29 is 14.3 Å². The molecule has 0 fully saturated rings. The fourth-order valence-corrected chi connectivity index (χ4v) is 3.27. The van der Waals surface area contributed by atoms with Crippen molar-refractivity contribution >= 4 is 17.5 Å². The van der Waals surface area contributed by atoms with E-state index < -0.39 is 0 Å². The summed E-state index contributed by atoms with van der Waals surface area (Å²) < 4.78 is 7.10. The second-order valence-electron chi connectivity index (χ2n) is 6.78. The van der Waals surface area contributed by atoms with Crippen molar-refractivity contribution in [3.05, 3.63) is 66.5 Å². The van der Waals surface area contributed by atoms with Crippen molar-refractivity contribution in [2.75, 3.05) is 18.1 Å². The van der Waals surface area contributed by atoms with Crippen molar-refractivity contribution in [3.63, 3.8) is 0 Å². The fourth-order valence-electron chi connectivity index (χ4n) is 3.27. The van der Waals surface area contributed by atoms with E-state index in [1.807, 2.05) is 55.5 Å². The van der Waals surface area contributed by atoms with Crippen LogP contribution in [0.1, 0.15) is 24.9 Å². The molecule has 29 heavy (non-hydrogen) atoms. The summed E-state index contributed by atoms with van der Waals surface area (Å²) in [4.78, 5) is 26.2. The third kappa shape index (κ3) is 4.11. The number of nitrogens with zero attached hydrogens (tertiary/aromatic N) is 4. The first-order valence-corrected chi connectivity index (χ1v) is 9.40. The van der Waals surface area contributed by atoms with Gasteiger partial charge in [0.15, 0.2) is 6.61 Å². The minimum Gasteiger partial charge on any atom is -0.482 e. The maximum Gasteiger partial charge on any atom is 0.265 e. The van der Waals surface area contributed by atoms with E-state index >= 15 is 0 Å². The molecule has 1 aliphatic rings. The number of carbonyl (C=O) groups is 2. The van der Waals surface area contributed by atoms with Crippen LogP contribution in [0.15, 0.2) is 60.9 Å². The van der Waals surface area contributed by atoms with Gasteiger partial charge in [0.25, 0.3) is 5.91 Å². The second kappa shape index (κ2) is 8.14. The molecule has 0 spiro atoms. The van der Waals surface area contributed by atoms with Gasteiger partial charge in [0, 0.05) is 13.0 Å². The average molecular weight is 391 g/mol. The van der Waals surface area contributed by atoms with Gasteiger partial charge in [-0.25, -0.2) is 4.68 Å². The Bertz CT molecular complexity index is 1000. The lowest BCUT2D eigenvalue weighted by Gasteiger charge is -2.29. The molecule has 1 N–H and O–H groups in total. The molecule has 8 nitrogen and oxygen atoms in total. The highest BCUT2D eigenvalue weighted by atomic mass is 16.5. The normalized spacial score (nSPS) is 14.1. The molecule has 0 saturated heterocycles. The Balaban J connectivity index is 1.34. The average Bonchev–Trinajstić information content (AvgIpc) is 3.28. The molecule has 1 aromatic heterocycles. The maximum absolute atomic E-state index is 12.4. The smallest absolute Gasteiger partial charge is 0.265 e. The van der Waals surface area contributed by atoms with Crippen molar-refractivity contribution in [2.24, 2.45) is 0 Å². The van der Waals surface area contributed by atoms with Gasteiger partial charge < -0.3 is 15.0 Å².